The Balaban J connectivity index is 2.49. The molecule has 0 atom stereocenters. The molecule has 108 valence electrons. The van der Waals surface area contributed by atoms with Gasteiger partial charge in [0.1, 0.15) is 5.69 Å². The molecule has 0 aliphatic heterocycles. The fraction of sp³-hybridized carbons (Fsp3) is 0.357. The maximum absolute atomic E-state index is 11.8. The average molecular weight is 278 g/mol. The molecule has 1 heterocycles. The second-order valence-electron chi connectivity index (χ2n) is 4.20. The summed E-state index contributed by atoms with van der Waals surface area (Å²) in [5, 5.41) is 3.55. The summed E-state index contributed by atoms with van der Waals surface area (Å²) >= 11 is 0. The van der Waals surface area contributed by atoms with Crippen molar-refractivity contribution in [1.82, 2.24) is 0 Å². The van der Waals surface area contributed by atoms with Crippen molar-refractivity contribution in [3.05, 3.63) is 28.6 Å². The molecule has 0 fully saturated rings. The summed E-state index contributed by atoms with van der Waals surface area (Å²) in [7, 11) is 3.18. The van der Waals surface area contributed by atoms with E-state index in [0.717, 1.165) is 11.8 Å². The van der Waals surface area contributed by atoms with Gasteiger partial charge in [-0.3, -0.25) is 0 Å². The molecule has 6 heteroatoms. The van der Waals surface area contributed by atoms with Crippen LogP contribution in [0.5, 0.6) is 11.5 Å². The topological polar surface area (TPSA) is 86.7 Å². The summed E-state index contributed by atoms with van der Waals surface area (Å²) in [6.07, 6.45) is 0.740. The minimum atomic E-state index is -0.447. The Morgan fingerprint density at radius 2 is 2.20 bits per heavy atom. The molecule has 20 heavy (non-hydrogen) atoms. The molecule has 0 radical (unpaired) electrons. The Bertz CT molecular complexity index is 651. The van der Waals surface area contributed by atoms with Gasteiger partial charge >= 0.3 is 5.63 Å². The van der Waals surface area contributed by atoms with Gasteiger partial charge in [-0.2, -0.15) is 0 Å². The fourth-order valence-electron chi connectivity index (χ4n) is 1.89. The van der Waals surface area contributed by atoms with E-state index in [2.05, 4.69) is 5.32 Å². The van der Waals surface area contributed by atoms with Crippen molar-refractivity contribution < 1.29 is 13.9 Å². The Labute approximate surface area is 116 Å². The van der Waals surface area contributed by atoms with E-state index in [-0.39, 0.29) is 0 Å². The van der Waals surface area contributed by atoms with Crippen LogP contribution in [0.2, 0.25) is 0 Å². The zero-order chi connectivity index (χ0) is 14.5. The van der Waals surface area contributed by atoms with Gasteiger partial charge in [0.05, 0.1) is 13.7 Å². The molecule has 6 nitrogen and oxygen atoms in total. The van der Waals surface area contributed by atoms with Crippen LogP contribution < -0.4 is 26.1 Å². The van der Waals surface area contributed by atoms with E-state index in [9.17, 15) is 4.79 Å². The lowest BCUT2D eigenvalue weighted by molar-refractivity contribution is 0.291. The lowest BCUT2D eigenvalue weighted by atomic mass is 10.2. The molecule has 2 aromatic rings. The monoisotopic (exact) mass is 278 g/mol. The molecule has 0 aliphatic rings. The highest BCUT2D eigenvalue weighted by molar-refractivity contribution is 5.87. The molecule has 0 saturated carbocycles. The minimum Gasteiger partial charge on any atom is -0.490 e. The van der Waals surface area contributed by atoms with Gasteiger partial charge in [-0.1, -0.05) is 0 Å². The van der Waals surface area contributed by atoms with Gasteiger partial charge in [0, 0.05) is 12.4 Å². The van der Waals surface area contributed by atoms with Crippen molar-refractivity contribution >= 4 is 16.7 Å². The second-order valence-corrected chi connectivity index (χ2v) is 4.20. The predicted molar refractivity (Wildman–Crippen MR) is 77.7 cm³/mol. The van der Waals surface area contributed by atoms with Gasteiger partial charge < -0.3 is 24.9 Å². The molecule has 0 unspecified atom stereocenters. The van der Waals surface area contributed by atoms with Gasteiger partial charge in [-0.15, -0.1) is 0 Å². The van der Waals surface area contributed by atoms with E-state index >= 15 is 0 Å². The summed E-state index contributed by atoms with van der Waals surface area (Å²) in [5.41, 5.74) is 5.76. The second kappa shape index (κ2) is 6.29. The molecule has 1 aromatic carbocycles. The maximum Gasteiger partial charge on any atom is 0.359 e. The quantitative estimate of drug-likeness (QED) is 0.616. The predicted octanol–water partition coefficient (Wildman–Crippen LogP) is 1.57. The van der Waals surface area contributed by atoms with Crippen molar-refractivity contribution in [2.24, 2.45) is 5.73 Å². The maximum atomic E-state index is 11.8. The number of fused-ring (bicyclic) bond motifs is 1. The van der Waals surface area contributed by atoms with E-state index in [1.54, 1.807) is 19.2 Å². The van der Waals surface area contributed by atoms with E-state index < -0.39 is 5.63 Å². The standard InChI is InChI=1S/C14H18N2O4/c1-16-10-8-9-4-5-11(19-7-3-6-15)13(18-2)12(9)20-14(10)17/h4-5,8,16H,3,6-7,15H2,1-2H3. The fourth-order valence-corrected chi connectivity index (χ4v) is 1.89. The number of ether oxygens (including phenoxy) is 2. The normalized spacial score (nSPS) is 10.6. The molecule has 0 amide bonds. The number of anilines is 1. The zero-order valence-electron chi connectivity index (χ0n) is 11.6. The Hall–Kier alpha value is -2.21. The largest absolute Gasteiger partial charge is 0.490 e. The third-order valence-corrected chi connectivity index (χ3v) is 2.90. The Morgan fingerprint density at radius 3 is 2.85 bits per heavy atom. The summed E-state index contributed by atoms with van der Waals surface area (Å²) in [6, 6.07) is 5.32. The van der Waals surface area contributed by atoms with E-state index in [1.165, 1.54) is 7.11 Å². The molecule has 2 rings (SSSR count). The number of hydrogen-bond acceptors (Lipinski definition) is 6. The van der Waals surface area contributed by atoms with Crippen LogP contribution in [0.4, 0.5) is 5.69 Å². The zero-order valence-corrected chi connectivity index (χ0v) is 11.6. The molecular formula is C14H18N2O4. The van der Waals surface area contributed by atoms with Crippen LogP contribution in [0, 0.1) is 0 Å². The molecule has 0 bridgehead atoms. The van der Waals surface area contributed by atoms with Crippen molar-refractivity contribution in [2.45, 2.75) is 6.42 Å². The van der Waals surface area contributed by atoms with E-state index in [0.29, 0.717) is 35.9 Å². The van der Waals surface area contributed by atoms with Crippen LogP contribution >= 0.6 is 0 Å². The first-order valence-corrected chi connectivity index (χ1v) is 6.36. The minimum absolute atomic E-state index is 0.377. The third kappa shape index (κ3) is 2.70. The van der Waals surface area contributed by atoms with E-state index in [1.807, 2.05) is 6.07 Å². The van der Waals surface area contributed by atoms with Crippen LogP contribution in [0.15, 0.2) is 27.4 Å². The average Bonchev–Trinajstić information content (AvgIpc) is 2.46. The molecule has 0 aliphatic carbocycles. The van der Waals surface area contributed by atoms with Crippen LogP contribution in [-0.4, -0.2) is 27.3 Å². The number of nitrogens with two attached hydrogens (primary N) is 1. The molecule has 0 saturated heterocycles. The lowest BCUT2D eigenvalue weighted by Gasteiger charge is -2.12. The van der Waals surface area contributed by atoms with Crippen molar-refractivity contribution in [3.8, 4) is 11.5 Å². The number of hydrogen-bond donors (Lipinski definition) is 2. The van der Waals surface area contributed by atoms with Crippen LogP contribution in [0.1, 0.15) is 6.42 Å². The van der Waals surface area contributed by atoms with Gasteiger partial charge in [-0.25, -0.2) is 4.79 Å². The lowest BCUT2D eigenvalue weighted by Crippen LogP contribution is -2.08. The Kier molecular flexibility index (Phi) is 4.47. The molecule has 0 spiro atoms. The first-order valence-electron chi connectivity index (χ1n) is 6.36. The highest BCUT2D eigenvalue weighted by Crippen LogP contribution is 2.35. The van der Waals surface area contributed by atoms with Gasteiger partial charge in [0.2, 0.25) is 5.75 Å². The number of nitrogens with one attached hydrogen (secondary N) is 1. The van der Waals surface area contributed by atoms with Crippen LogP contribution in [-0.2, 0) is 0 Å². The highest BCUT2D eigenvalue weighted by atomic mass is 16.5. The number of methoxy groups -OCH3 is 1. The summed E-state index contributed by atoms with van der Waals surface area (Å²) in [6.45, 7) is 1.04. The third-order valence-electron chi connectivity index (χ3n) is 2.90. The molecule has 3 N–H and O–H groups in total. The molecule has 1 aromatic heterocycles. The summed E-state index contributed by atoms with van der Waals surface area (Å²) < 4.78 is 16.2. The van der Waals surface area contributed by atoms with E-state index in [4.69, 9.17) is 19.6 Å². The summed E-state index contributed by atoms with van der Waals surface area (Å²) in [4.78, 5) is 11.8. The van der Waals surface area contributed by atoms with Crippen LogP contribution in [0.3, 0.4) is 0 Å². The van der Waals surface area contributed by atoms with Gasteiger partial charge in [0.15, 0.2) is 11.3 Å². The molecular weight excluding hydrogens is 260 g/mol. The van der Waals surface area contributed by atoms with Crippen molar-refractivity contribution in [2.75, 3.05) is 32.6 Å². The SMILES string of the molecule is CNc1cc2ccc(OCCCN)c(OC)c2oc1=O. The van der Waals surface area contributed by atoms with Crippen molar-refractivity contribution in [3.63, 3.8) is 0 Å². The first kappa shape index (κ1) is 14.2. The number of benzene rings is 1. The highest BCUT2D eigenvalue weighted by Gasteiger charge is 2.14. The van der Waals surface area contributed by atoms with Crippen molar-refractivity contribution in [1.29, 1.82) is 0 Å². The Morgan fingerprint density at radius 1 is 1.40 bits per heavy atom. The number of rotatable bonds is 6. The summed E-state index contributed by atoms with van der Waals surface area (Å²) in [5.74, 6) is 0.952. The van der Waals surface area contributed by atoms with Gasteiger partial charge in [0.25, 0.3) is 0 Å². The van der Waals surface area contributed by atoms with Gasteiger partial charge in [-0.05, 0) is 31.2 Å². The van der Waals surface area contributed by atoms with Crippen LogP contribution in [0.25, 0.3) is 11.0 Å². The smallest absolute Gasteiger partial charge is 0.359 e. The first-order chi connectivity index (χ1) is 9.71.